The van der Waals surface area contributed by atoms with Crippen LogP contribution in [0, 0.1) is 0 Å². The molecule has 0 saturated heterocycles. The second-order valence-corrected chi connectivity index (χ2v) is 7.23. The van der Waals surface area contributed by atoms with Crippen LogP contribution in [0.25, 0.3) is 0 Å². The standard InChI is InChI=1S/C20H22Cl2N2O4/c1-12(2)14-4-7-16(8-5-14)27-11-19(25)23-24-20(26)13(3)28-18-9-6-15(21)10-17(18)22/h4-10,12-13H,11H2,1-3H3,(H,23,25)(H,24,26). The molecule has 6 nitrogen and oxygen atoms in total. The molecule has 0 bridgehead atoms. The second-order valence-electron chi connectivity index (χ2n) is 6.38. The average Bonchev–Trinajstić information content (AvgIpc) is 2.66. The summed E-state index contributed by atoms with van der Waals surface area (Å²) in [5, 5.41) is 0.744. The van der Waals surface area contributed by atoms with Crippen LogP contribution in [0.4, 0.5) is 0 Å². The third-order valence-corrected chi connectivity index (χ3v) is 4.34. The Hall–Kier alpha value is -2.44. The minimum Gasteiger partial charge on any atom is -0.484 e. The molecule has 2 N–H and O–H groups in total. The molecule has 28 heavy (non-hydrogen) atoms. The predicted molar refractivity (Wildman–Crippen MR) is 109 cm³/mol. The molecule has 2 amide bonds. The van der Waals surface area contributed by atoms with Gasteiger partial charge < -0.3 is 9.47 Å². The monoisotopic (exact) mass is 424 g/mol. The molecule has 0 aliphatic rings. The van der Waals surface area contributed by atoms with Gasteiger partial charge in [-0.2, -0.15) is 0 Å². The van der Waals surface area contributed by atoms with Crippen molar-refractivity contribution in [1.82, 2.24) is 10.9 Å². The highest BCUT2D eigenvalue weighted by atomic mass is 35.5. The summed E-state index contributed by atoms with van der Waals surface area (Å²) in [4.78, 5) is 23.9. The Labute approximate surface area is 174 Å². The van der Waals surface area contributed by atoms with Crippen molar-refractivity contribution in [2.24, 2.45) is 0 Å². The molecule has 0 saturated carbocycles. The number of nitrogens with one attached hydrogen (secondary N) is 2. The Bertz CT molecular complexity index is 825. The zero-order chi connectivity index (χ0) is 20.7. The number of rotatable bonds is 7. The first kappa shape index (κ1) is 21.9. The Morgan fingerprint density at radius 3 is 2.29 bits per heavy atom. The van der Waals surface area contributed by atoms with Crippen molar-refractivity contribution < 1.29 is 19.1 Å². The van der Waals surface area contributed by atoms with E-state index in [4.69, 9.17) is 32.7 Å². The van der Waals surface area contributed by atoms with Crippen molar-refractivity contribution >= 4 is 35.0 Å². The smallest absolute Gasteiger partial charge is 0.279 e. The average molecular weight is 425 g/mol. The van der Waals surface area contributed by atoms with Gasteiger partial charge in [-0.15, -0.1) is 0 Å². The SMILES string of the molecule is CC(Oc1ccc(Cl)cc1Cl)C(=O)NNC(=O)COc1ccc(C(C)C)cc1. The first-order chi connectivity index (χ1) is 13.3. The highest BCUT2D eigenvalue weighted by molar-refractivity contribution is 6.35. The van der Waals surface area contributed by atoms with Gasteiger partial charge in [0.1, 0.15) is 11.5 Å². The molecular formula is C20H22Cl2N2O4. The van der Waals surface area contributed by atoms with Crippen molar-refractivity contribution in [3.63, 3.8) is 0 Å². The maximum absolute atomic E-state index is 12.0. The van der Waals surface area contributed by atoms with E-state index in [2.05, 4.69) is 24.7 Å². The summed E-state index contributed by atoms with van der Waals surface area (Å²) in [6.07, 6.45) is -0.886. The maximum Gasteiger partial charge on any atom is 0.279 e. The summed E-state index contributed by atoms with van der Waals surface area (Å²) in [5.41, 5.74) is 5.74. The van der Waals surface area contributed by atoms with Crippen LogP contribution in [0.1, 0.15) is 32.3 Å². The molecule has 0 heterocycles. The van der Waals surface area contributed by atoms with Crippen LogP contribution in [-0.4, -0.2) is 24.5 Å². The molecule has 2 aromatic carbocycles. The Morgan fingerprint density at radius 1 is 1.00 bits per heavy atom. The van der Waals surface area contributed by atoms with Gasteiger partial charge in [0.2, 0.25) is 0 Å². The molecule has 0 spiro atoms. The number of hydrazine groups is 1. The Kier molecular flexibility index (Phi) is 7.96. The van der Waals surface area contributed by atoms with Gasteiger partial charge in [-0.05, 0) is 48.7 Å². The van der Waals surface area contributed by atoms with Gasteiger partial charge in [-0.25, -0.2) is 0 Å². The number of hydrogen-bond donors (Lipinski definition) is 2. The summed E-state index contributed by atoms with van der Waals surface area (Å²) in [6, 6.07) is 12.2. The largest absolute Gasteiger partial charge is 0.484 e. The fourth-order valence-electron chi connectivity index (χ4n) is 2.18. The van der Waals surface area contributed by atoms with Crippen molar-refractivity contribution in [2.45, 2.75) is 32.8 Å². The van der Waals surface area contributed by atoms with Gasteiger partial charge in [0.05, 0.1) is 5.02 Å². The molecule has 1 atom stereocenters. The molecule has 0 aliphatic carbocycles. The third-order valence-electron chi connectivity index (χ3n) is 3.81. The molecule has 8 heteroatoms. The van der Waals surface area contributed by atoms with E-state index in [9.17, 15) is 9.59 Å². The van der Waals surface area contributed by atoms with E-state index in [1.54, 1.807) is 24.3 Å². The van der Waals surface area contributed by atoms with Crippen LogP contribution in [-0.2, 0) is 9.59 Å². The van der Waals surface area contributed by atoms with Crippen molar-refractivity contribution in [3.05, 3.63) is 58.1 Å². The number of carbonyl (C=O) groups is 2. The lowest BCUT2D eigenvalue weighted by atomic mass is 10.0. The van der Waals surface area contributed by atoms with Gasteiger partial charge in [0, 0.05) is 5.02 Å². The van der Waals surface area contributed by atoms with Crippen LogP contribution in [0.15, 0.2) is 42.5 Å². The zero-order valence-corrected chi connectivity index (χ0v) is 17.3. The Morgan fingerprint density at radius 2 is 1.68 bits per heavy atom. The molecule has 1 unspecified atom stereocenters. The topological polar surface area (TPSA) is 76.7 Å². The van der Waals surface area contributed by atoms with E-state index >= 15 is 0 Å². The van der Waals surface area contributed by atoms with E-state index < -0.39 is 17.9 Å². The van der Waals surface area contributed by atoms with Gasteiger partial charge in [0.15, 0.2) is 12.7 Å². The molecule has 0 fully saturated rings. The highest BCUT2D eigenvalue weighted by Crippen LogP contribution is 2.28. The number of benzene rings is 2. The summed E-state index contributed by atoms with van der Waals surface area (Å²) in [5.74, 6) is 0.256. The van der Waals surface area contributed by atoms with E-state index in [0.717, 1.165) is 0 Å². The summed E-state index contributed by atoms with van der Waals surface area (Å²) in [6.45, 7) is 5.48. The van der Waals surface area contributed by atoms with Crippen LogP contribution >= 0.6 is 23.2 Å². The van der Waals surface area contributed by atoms with Crippen LogP contribution in [0.3, 0.4) is 0 Å². The van der Waals surface area contributed by atoms with Gasteiger partial charge in [0.25, 0.3) is 11.8 Å². The zero-order valence-electron chi connectivity index (χ0n) is 15.8. The lowest BCUT2D eigenvalue weighted by molar-refractivity contribution is -0.133. The molecule has 0 aromatic heterocycles. The normalized spacial score (nSPS) is 11.6. The lowest BCUT2D eigenvalue weighted by Gasteiger charge is -2.16. The van der Waals surface area contributed by atoms with Crippen LogP contribution in [0.2, 0.25) is 10.0 Å². The van der Waals surface area contributed by atoms with Gasteiger partial charge >= 0.3 is 0 Å². The molecule has 2 rings (SSSR count). The van der Waals surface area contributed by atoms with Crippen LogP contribution < -0.4 is 20.3 Å². The Balaban J connectivity index is 1.75. The summed E-state index contributed by atoms with van der Waals surface area (Å²) < 4.78 is 10.9. The molecule has 0 radical (unpaired) electrons. The van der Waals surface area contributed by atoms with E-state index in [1.165, 1.54) is 18.6 Å². The van der Waals surface area contributed by atoms with Crippen molar-refractivity contribution in [1.29, 1.82) is 0 Å². The van der Waals surface area contributed by atoms with Gasteiger partial charge in [-0.1, -0.05) is 49.2 Å². The van der Waals surface area contributed by atoms with E-state index in [-0.39, 0.29) is 11.6 Å². The van der Waals surface area contributed by atoms with Crippen LogP contribution in [0.5, 0.6) is 11.5 Å². The predicted octanol–water partition coefficient (Wildman–Crippen LogP) is 4.11. The number of halogens is 2. The summed E-state index contributed by atoms with van der Waals surface area (Å²) in [7, 11) is 0. The fourth-order valence-corrected chi connectivity index (χ4v) is 2.63. The molecular weight excluding hydrogens is 403 g/mol. The van der Waals surface area contributed by atoms with E-state index in [1.807, 2.05) is 12.1 Å². The summed E-state index contributed by atoms with van der Waals surface area (Å²) >= 11 is 11.8. The minimum atomic E-state index is -0.886. The number of carbonyl (C=O) groups excluding carboxylic acids is 2. The highest BCUT2D eigenvalue weighted by Gasteiger charge is 2.17. The quantitative estimate of drug-likeness (QED) is 0.655. The molecule has 0 aliphatic heterocycles. The van der Waals surface area contributed by atoms with E-state index in [0.29, 0.717) is 22.4 Å². The maximum atomic E-state index is 12.0. The van der Waals surface area contributed by atoms with Crippen molar-refractivity contribution in [2.75, 3.05) is 6.61 Å². The first-order valence-electron chi connectivity index (χ1n) is 8.69. The lowest BCUT2D eigenvalue weighted by Crippen LogP contribution is -2.48. The minimum absolute atomic E-state index is 0.237. The number of ether oxygens (including phenoxy) is 2. The fraction of sp³-hybridized carbons (Fsp3) is 0.300. The third kappa shape index (κ3) is 6.62. The molecule has 2 aromatic rings. The molecule has 150 valence electrons. The first-order valence-corrected chi connectivity index (χ1v) is 9.45. The van der Waals surface area contributed by atoms with Gasteiger partial charge in [-0.3, -0.25) is 20.4 Å². The number of amides is 2. The van der Waals surface area contributed by atoms with Crippen molar-refractivity contribution in [3.8, 4) is 11.5 Å². The second kappa shape index (κ2) is 10.2. The number of hydrogen-bond acceptors (Lipinski definition) is 4.